The molecule has 1 fully saturated rings. The van der Waals surface area contributed by atoms with Crippen LogP contribution in [0, 0.1) is 13.8 Å². The molecule has 0 amide bonds. The first-order valence-corrected chi connectivity index (χ1v) is 7.06. The molecule has 0 saturated carbocycles. The molecule has 0 aromatic heterocycles. The maximum absolute atomic E-state index is 5.98. The van der Waals surface area contributed by atoms with Crippen molar-refractivity contribution in [1.29, 1.82) is 0 Å². The Hall–Kier alpha value is -0.900. The normalized spacial score (nSPS) is 23.5. The lowest BCUT2D eigenvalue weighted by molar-refractivity contribution is -0.133. The zero-order valence-corrected chi connectivity index (χ0v) is 12.6. The van der Waals surface area contributed by atoms with E-state index < -0.39 is 0 Å². The van der Waals surface area contributed by atoms with Crippen molar-refractivity contribution in [2.75, 3.05) is 19.6 Å². The molecule has 1 aromatic carbocycles. The molecule has 1 saturated heterocycles. The van der Waals surface area contributed by atoms with E-state index in [9.17, 15) is 0 Å². The SMILES string of the molecule is Cc1ccc(C)c(CN2CC(CN)OC(C)(C)C2)c1. The highest BCUT2D eigenvalue weighted by molar-refractivity contribution is 5.30. The van der Waals surface area contributed by atoms with Crippen LogP contribution in [0.25, 0.3) is 0 Å². The first-order chi connectivity index (χ1) is 8.89. The second-order valence-corrected chi connectivity index (χ2v) is 6.33. The Morgan fingerprint density at radius 1 is 1.37 bits per heavy atom. The molecule has 0 bridgehead atoms. The fraction of sp³-hybridized carbons (Fsp3) is 0.625. The average molecular weight is 262 g/mol. The Bertz CT molecular complexity index is 442. The largest absolute Gasteiger partial charge is 0.368 e. The summed E-state index contributed by atoms with van der Waals surface area (Å²) in [4.78, 5) is 2.46. The third-order valence-electron chi connectivity index (χ3n) is 3.71. The highest BCUT2D eigenvalue weighted by Crippen LogP contribution is 2.23. The van der Waals surface area contributed by atoms with Crippen LogP contribution in [0.5, 0.6) is 0 Å². The number of rotatable bonds is 3. The van der Waals surface area contributed by atoms with Crippen molar-refractivity contribution < 1.29 is 4.74 Å². The third-order valence-corrected chi connectivity index (χ3v) is 3.71. The lowest BCUT2D eigenvalue weighted by Crippen LogP contribution is -2.54. The summed E-state index contributed by atoms with van der Waals surface area (Å²) in [5, 5.41) is 0. The van der Waals surface area contributed by atoms with Crippen LogP contribution in [0.3, 0.4) is 0 Å². The molecule has 1 aliphatic heterocycles. The van der Waals surface area contributed by atoms with Crippen molar-refractivity contribution in [3.63, 3.8) is 0 Å². The molecule has 0 spiro atoms. The highest BCUT2D eigenvalue weighted by atomic mass is 16.5. The summed E-state index contributed by atoms with van der Waals surface area (Å²) in [7, 11) is 0. The van der Waals surface area contributed by atoms with E-state index in [2.05, 4.69) is 50.8 Å². The monoisotopic (exact) mass is 262 g/mol. The minimum absolute atomic E-state index is 0.111. The second kappa shape index (κ2) is 5.61. The average Bonchev–Trinajstić information content (AvgIpc) is 2.32. The van der Waals surface area contributed by atoms with Gasteiger partial charge < -0.3 is 10.5 Å². The number of nitrogens with two attached hydrogens (primary N) is 1. The van der Waals surface area contributed by atoms with Gasteiger partial charge in [0.25, 0.3) is 0 Å². The number of nitrogens with zero attached hydrogens (tertiary/aromatic N) is 1. The standard InChI is InChI=1S/C16H26N2O/c1-12-5-6-13(2)14(7-12)9-18-10-15(8-17)19-16(3,4)11-18/h5-7,15H,8-11,17H2,1-4H3. The Labute approximate surface area is 116 Å². The van der Waals surface area contributed by atoms with Crippen LogP contribution in [-0.2, 0) is 11.3 Å². The Morgan fingerprint density at radius 2 is 2.11 bits per heavy atom. The predicted octanol–water partition coefficient (Wildman–Crippen LogP) is 2.24. The maximum Gasteiger partial charge on any atom is 0.0831 e. The van der Waals surface area contributed by atoms with Crippen LogP contribution in [0.2, 0.25) is 0 Å². The zero-order chi connectivity index (χ0) is 14.0. The second-order valence-electron chi connectivity index (χ2n) is 6.33. The van der Waals surface area contributed by atoms with Gasteiger partial charge in [-0.3, -0.25) is 4.90 Å². The fourth-order valence-electron chi connectivity index (χ4n) is 2.87. The van der Waals surface area contributed by atoms with E-state index in [0.29, 0.717) is 6.54 Å². The van der Waals surface area contributed by atoms with Crippen molar-refractivity contribution in [2.24, 2.45) is 5.73 Å². The van der Waals surface area contributed by atoms with Gasteiger partial charge in [0.05, 0.1) is 11.7 Å². The molecule has 2 N–H and O–H groups in total. The molecule has 106 valence electrons. The van der Waals surface area contributed by atoms with Crippen LogP contribution in [0.4, 0.5) is 0 Å². The Balaban J connectivity index is 2.11. The smallest absolute Gasteiger partial charge is 0.0831 e. The van der Waals surface area contributed by atoms with E-state index in [4.69, 9.17) is 10.5 Å². The van der Waals surface area contributed by atoms with Gasteiger partial charge in [0.15, 0.2) is 0 Å². The van der Waals surface area contributed by atoms with Crippen molar-refractivity contribution in [2.45, 2.75) is 45.9 Å². The van der Waals surface area contributed by atoms with Crippen LogP contribution >= 0.6 is 0 Å². The van der Waals surface area contributed by atoms with E-state index in [1.807, 2.05) is 0 Å². The van der Waals surface area contributed by atoms with E-state index in [1.54, 1.807) is 0 Å². The van der Waals surface area contributed by atoms with Gasteiger partial charge in [-0.15, -0.1) is 0 Å². The number of hydrogen-bond acceptors (Lipinski definition) is 3. The number of benzene rings is 1. The molecule has 3 nitrogen and oxygen atoms in total. The molecular weight excluding hydrogens is 236 g/mol. The fourth-order valence-corrected chi connectivity index (χ4v) is 2.87. The molecule has 1 aromatic rings. The van der Waals surface area contributed by atoms with E-state index in [1.165, 1.54) is 16.7 Å². The summed E-state index contributed by atoms with van der Waals surface area (Å²) in [6.45, 7) is 12.1. The summed E-state index contributed by atoms with van der Waals surface area (Å²) >= 11 is 0. The Kier molecular flexibility index (Phi) is 4.29. The summed E-state index contributed by atoms with van der Waals surface area (Å²) in [5.74, 6) is 0. The van der Waals surface area contributed by atoms with Gasteiger partial charge in [-0.25, -0.2) is 0 Å². The van der Waals surface area contributed by atoms with E-state index in [0.717, 1.165) is 19.6 Å². The van der Waals surface area contributed by atoms with Gasteiger partial charge in [-0.05, 0) is 38.8 Å². The first-order valence-electron chi connectivity index (χ1n) is 7.06. The lowest BCUT2D eigenvalue weighted by Gasteiger charge is -2.42. The molecule has 2 rings (SSSR count). The third kappa shape index (κ3) is 3.78. The molecule has 0 radical (unpaired) electrons. The quantitative estimate of drug-likeness (QED) is 0.908. The van der Waals surface area contributed by atoms with Gasteiger partial charge in [-0.2, -0.15) is 0 Å². The number of aryl methyl sites for hydroxylation is 2. The van der Waals surface area contributed by atoms with Crippen LogP contribution in [-0.4, -0.2) is 36.2 Å². The predicted molar refractivity (Wildman–Crippen MR) is 79.2 cm³/mol. The molecule has 0 aliphatic carbocycles. The molecule has 19 heavy (non-hydrogen) atoms. The maximum atomic E-state index is 5.98. The van der Waals surface area contributed by atoms with Gasteiger partial charge >= 0.3 is 0 Å². The molecule has 3 heteroatoms. The highest BCUT2D eigenvalue weighted by Gasteiger charge is 2.32. The topological polar surface area (TPSA) is 38.5 Å². The van der Waals surface area contributed by atoms with Crippen LogP contribution in [0.15, 0.2) is 18.2 Å². The molecule has 1 atom stereocenters. The van der Waals surface area contributed by atoms with Crippen LogP contribution < -0.4 is 5.73 Å². The lowest BCUT2D eigenvalue weighted by atomic mass is 10.0. The van der Waals surface area contributed by atoms with Gasteiger partial charge in [0.2, 0.25) is 0 Å². The summed E-state index contributed by atoms with van der Waals surface area (Å²) < 4.78 is 5.98. The number of ether oxygens (including phenoxy) is 1. The van der Waals surface area contributed by atoms with Crippen molar-refractivity contribution in [3.05, 3.63) is 34.9 Å². The minimum atomic E-state index is -0.111. The van der Waals surface area contributed by atoms with Gasteiger partial charge in [-0.1, -0.05) is 23.8 Å². The van der Waals surface area contributed by atoms with Crippen LogP contribution in [0.1, 0.15) is 30.5 Å². The first kappa shape index (κ1) is 14.5. The van der Waals surface area contributed by atoms with Crippen molar-refractivity contribution in [1.82, 2.24) is 4.90 Å². The molecule has 1 unspecified atom stereocenters. The van der Waals surface area contributed by atoms with Gasteiger partial charge in [0, 0.05) is 26.2 Å². The van der Waals surface area contributed by atoms with Crippen molar-refractivity contribution >= 4 is 0 Å². The Morgan fingerprint density at radius 3 is 2.79 bits per heavy atom. The minimum Gasteiger partial charge on any atom is -0.368 e. The molecule has 1 heterocycles. The summed E-state index contributed by atoms with van der Waals surface area (Å²) in [6, 6.07) is 6.66. The van der Waals surface area contributed by atoms with E-state index >= 15 is 0 Å². The summed E-state index contributed by atoms with van der Waals surface area (Å²) in [5.41, 5.74) is 9.76. The van der Waals surface area contributed by atoms with Crippen molar-refractivity contribution in [3.8, 4) is 0 Å². The molecular formula is C16H26N2O. The summed E-state index contributed by atoms with van der Waals surface area (Å²) in [6.07, 6.45) is 0.147. The zero-order valence-electron chi connectivity index (χ0n) is 12.6. The van der Waals surface area contributed by atoms with E-state index in [-0.39, 0.29) is 11.7 Å². The molecule has 1 aliphatic rings. The van der Waals surface area contributed by atoms with Gasteiger partial charge in [0.1, 0.15) is 0 Å². The number of morpholine rings is 1. The number of hydrogen-bond donors (Lipinski definition) is 1.